The fraction of sp³-hybridized carbons (Fsp3) is 1.00. The van der Waals surface area contributed by atoms with Crippen LogP contribution in [0.1, 0.15) is 52.9 Å². The van der Waals surface area contributed by atoms with Gasteiger partial charge in [0.2, 0.25) is 0 Å². The molecule has 1 unspecified atom stereocenters. The van der Waals surface area contributed by atoms with E-state index in [1.807, 2.05) is 0 Å². The summed E-state index contributed by atoms with van der Waals surface area (Å²) >= 11 is 0. The molecular weight excluding hydrogens is 176 g/mol. The third-order valence-electron chi connectivity index (χ3n) is 2.35. The van der Waals surface area contributed by atoms with E-state index in [-0.39, 0.29) is 7.43 Å². The summed E-state index contributed by atoms with van der Waals surface area (Å²) in [5.74, 6) is 0. The van der Waals surface area contributed by atoms with Gasteiger partial charge in [0.25, 0.3) is 0 Å². The van der Waals surface area contributed by atoms with Gasteiger partial charge < -0.3 is 9.47 Å². The minimum Gasteiger partial charge on any atom is -0.379 e. The second-order valence-corrected chi connectivity index (χ2v) is 3.80. The number of hydrogen-bond acceptors (Lipinski definition) is 2. The maximum Gasteiger partial charge on any atom is 0.104 e. The first kappa shape index (κ1) is 13.9. The average Bonchev–Trinajstić information content (AvgIpc) is 2.93. The van der Waals surface area contributed by atoms with E-state index in [4.69, 9.17) is 9.47 Å². The Bertz CT molecular complexity index is 111. The van der Waals surface area contributed by atoms with Crippen LogP contribution < -0.4 is 0 Å². The molecule has 0 aliphatic carbocycles. The molecule has 2 nitrogen and oxygen atoms in total. The van der Waals surface area contributed by atoms with Crippen LogP contribution in [0, 0.1) is 0 Å². The first-order chi connectivity index (χ1) is 6.43. The Morgan fingerprint density at radius 2 is 1.79 bits per heavy atom. The average molecular weight is 202 g/mol. The first-order valence-electron chi connectivity index (χ1n) is 5.63. The smallest absolute Gasteiger partial charge is 0.104 e. The number of unbranched alkanes of at least 4 members (excludes halogenated alkanes) is 5. The van der Waals surface area contributed by atoms with Gasteiger partial charge in [-0.05, 0) is 6.42 Å². The van der Waals surface area contributed by atoms with Crippen molar-refractivity contribution in [3.63, 3.8) is 0 Å². The van der Waals surface area contributed by atoms with E-state index in [9.17, 15) is 0 Å². The molecule has 0 aromatic rings. The zero-order valence-corrected chi connectivity index (χ0v) is 8.76. The highest BCUT2D eigenvalue weighted by atomic mass is 16.6. The molecule has 0 bridgehead atoms. The molecule has 0 amide bonds. The second kappa shape index (κ2) is 9.47. The van der Waals surface area contributed by atoms with Crippen molar-refractivity contribution in [1.82, 2.24) is 0 Å². The predicted molar refractivity (Wildman–Crippen MR) is 60.7 cm³/mol. The first-order valence-corrected chi connectivity index (χ1v) is 5.63. The van der Waals surface area contributed by atoms with Crippen molar-refractivity contribution in [2.24, 2.45) is 0 Å². The quantitative estimate of drug-likeness (QED) is 0.422. The summed E-state index contributed by atoms with van der Waals surface area (Å²) in [4.78, 5) is 0. The summed E-state index contributed by atoms with van der Waals surface area (Å²) in [6.07, 6.45) is 8.45. The Hall–Kier alpha value is -0.0800. The number of epoxide rings is 1. The van der Waals surface area contributed by atoms with Gasteiger partial charge in [0.05, 0.1) is 13.2 Å². The van der Waals surface area contributed by atoms with Crippen LogP contribution in [0.5, 0.6) is 0 Å². The highest BCUT2D eigenvalue weighted by Crippen LogP contribution is 2.09. The Balaban J connectivity index is 0.00000169. The van der Waals surface area contributed by atoms with E-state index in [0.717, 1.165) is 19.8 Å². The lowest BCUT2D eigenvalue weighted by molar-refractivity contribution is 0.113. The molecule has 1 aliphatic heterocycles. The van der Waals surface area contributed by atoms with Crippen molar-refractivity contribution in [3.8, 4) is 0 Å². The highest BCUT2D eigenvalue weighted by molar-refractivity contribution is 4.66. The van der Waals surface area contributed by atoms with E-state index in [2.05, 4.69) is 6.92 Å². The molecule has 0 spiro atoms. The van der Waals surface area contributed by atoms with Crippen LogP contribution in [-0.4, -0.2) is 25.9 Å². The summed E-state index contributed by atoms with van der Waals surface area (Å²) in [6.45, 7) is 4.90. The minimum atomic E-state index is 0. The highest BCUT2D eigenvalue weighted by Gasteiger charge is 2.21. The van der Waals surface area contributed by atoms with E-state index in [0.29, 0.717) is 6.10 Å². The van der Waals surface area contributed by atoms with Gasteiger partial charge in [0.15, 0.2) is 0 Å². The molecule has 1 rings (SSSR count). The van der Waals surface area contributed by atoms with Crippen molar-refractivity contribution in [2.45, 2.75) is 59.0 Å². The lowest BCUT2D eigenvalue weighted by Crippen LogP contribution is -2.02. The number of ether oxygens (including phenoxy) is 2. The second-order valence-electron chi connectivity index (χ2n) is 3.80. The van der Waals surface area contributed by atoms with Crippen molar-refractivity contribution in [3.05, 3.63) is 0 Å². The van der Waals surface area contributed by atoms with Gasteiger partial charge in [-0.25, -0.2) is 0 Å². The molecule has 0 aromatic heterocycles. The van der Waals surface area contributed by atoms with Gasteiger partial charge in [0.1, 0.15) is 6.10 Å². The molecule has 2 heteroatoms. The lowest BCUT2D eigenvalue weighted by atomic mass is 10.1. The van der Waals surface area contributed by atoms with E-state index < -0.39 is 0 Å². The monoisotopic (exact) mass is 202 g/mol. The van der Waals surface area contributed by atoms with Crippen molar-refractivity contribution >= 4 is 0 Å². The van der Waals surface area contributed by atoms with E-state index in [1.54, 1.807) is 0 Å². The van der Waals surface area contributed by atoms with Crippen molar-refractivity contribution < 1.29 is 9.47 Å². The lowest BCUT2D eigenvalue weighted by Gasteiger charge is -2.01. The van der Waals surface area contributed by atoms with Crippen molar-refractivity contribution in [1.29, 1.82) is 0 Å². The zero-order valence-electron chi connectivity index (χ0n) is 8.76. The van der Waals surface area contributed by atoms with Crippen LogP contribution >= 0.6 is 0 Å². The van der Waals surface area contributed by atoms with Crippen LogP contribution in [-0.2, 0) is 9.47 Å². The van der Waals surface area contributed by atoms with Crippen LogP contribution in [0.4, 0.5) is 0 Å². The largest absolute Gasteiger partial charge is 0.379 e. The molecule has 0 N–H and O–H groups in total. The standard InChI is InChI=1S/C11H22O2.CH4/c1-2-3-4-5-6-7-8-12-9-11-10-13-11;/h11H,2-10H2,1H3;1H4. The normalized spacial score (nSPS) is 19.1. The molecule has 0 aromatic carbocycles. The molecule has 0 radical (unpaired) electrons. The maximum absolute atomic E-state index is 5.44. The zero-order chi connectivity index (χ0) is 9.36. The van der Waals surface area contributed by atoms with Gasteiger partial charge in [-0.2, -0.15) is 0 Å². The van der Waals surface area contributed by atoms with Crippen LogP contribution in [0.25, 0.3) is 0 Å². The molecule has 1 saturated heterocycles. The third kappa shape index (κ3) is 8.52. The molecular formula is C12H26O2. The molecule has 1 atom stereocenters. The molecule has 1 fully saturated rings. The summed E-state index contributed by atoms with van der Waals surface area (Å²) in [5.41, 5.74) is 0. The Morgan fingerprint density at radius 3 is 2.43 bits per heavy atom. The Kier molecular flexibility index (Phi) is 9.42. The molecule has 1 aliphatic rings. The Morgan fingerprint density at radius 1 is 1.14 bits per heavy atom. The van der Waals surface area contributed by atoms with Gasteiger partial charge >= 0.3 is 0 Å². The third-order valence-corrected chi connectivity index (χ3v) is 2.35. The van der Waals surface area contributed by atoms with Gasteiger partial charge in [-0.15, -0.1) is 0 Å². The summed E-state index contributed by atoms with van der Waals surface area (Å²) < 4.78 is 10.5. The predicted octanol–water partition coefficient (Wildman–Crippen LogP) is 3.40. The van der Waals surface area contributed by atoms with Crippen molar-refractivity contribution in [2.75, 3.05) is 19.8 Å². The summed E-state index contributed by atoms with van der Waals surface area (Å²) in [6, 6.07) is 0. The molecule has 14 heavy (non-hydrogen) atoms. The van der Waals surface area contributed by atoms with Gasteiger partial charge in [-0.3, -0.25) is 0 Å². The maximum atomic E-state index is 5.44. The Labute approximate surface area is 89.0 Å². The molecule has 86 valence electrons. The summed E-state index contributed by atoms with van der Waals surface area (Å²) in [5, 5.41) is 0. The summed E-state index contributed by atoms with van der Waals surface area (Å²) in [7, 11) is 0. The van der Waals surface area contributed by atoms with E-state index >= 15 is 0 Å². The fourth-order valence-corrected chi connectivity index (χ4v) is 1.36. The van der Waals surface area contributed by atoms with E-state index in [1.165, 1.54) is 38.5 Å². The van der Waals surface area contributed by atoms with Crippen LogP contribution in [0.3, 0.4) is 0 Å². The minimum absolute atomic E-state index is 0. The number of rotatable bonds is 9. The molecule has 1 heterocycles. The van der Waals surface area contributed by atoms with Crippen LogP contribution in [0.2, 0.25) is 0 Å². The molecule has 0 saturated carbocycles. The SMILES string of the molecule is C.CCCCCCCCOCC1CO1. The van der Waals surface area contributed by atoms with Crippen LogP contribution in [0.15, 0.2) is 0 Å². The van der Waals surface area contributed by atoms with Gasteiger partial charge in [0, 0.05) is 6.61 Å². The topological polar surface area (TPSA) is 21.8 Å². The number of hydrogen-bond donors (Lipinski definition) is 0. The van der Waals surface area contributed by atoms with Gasteiger partial charge in [-0.1, -0.05) is 46.5 Å². The fourth-order valence-electron chi connectivity index (χ4n) is 1.36.